The van der Waals surface area contributed by atoms with Crippen molar-refractivity contribution in [2.45, 2.75) is 6.54 Å². The molecular formula is C13H11ClN2O2S. The molecule has 0 atom stereocenters. The Bertz CT molecular complexity index is 567. The van der Waals surface area contributed by atoms with Crippen LogP contribution in [0.5, 0.6) is 0 Å². The maximum atomic E-state index is 11.6. The maximum Gasteiger partial charge on any atom is 0.313 e. The SMILES string of the molecule is O=C(NCc1ccsc1)C(=O)Nc1ccc(Cl)cc1. The first-order valence-electron chi connectivity index (χ1n) is 5.51. The van der Waals surface area contributed by atoms with Crippen LogP contribution in [0.4, 0.5) is 5.69 Å². The summed E-state index contributed by atoms with van der Waals surface area (Å²) in [5, 5.41) is 9.43. The van der Waals surface area contributed by atoms with Gasteiger partial charge in [0.25, 0.3) is 0 Å². The molecule has 2 rings (SSSR count). The number of carbonyl (C=O) groups is 2. The number of hydrogen-bond donors (Lipinski definition) is 2. The van der Waals surface area contributed by atoms with Gasteiger partial charge in [-0.3, -0.25) is 9.59 Å². The molecule has 0 bridgehead atoms. The molecule has 0 unspecified atom stereocenters. The van der Waals surface area contributed by atoms with Crippen LogP contribution in [-0.4, -0.2) is 11.8 Å². The van der Waals surface area contributed by atoms with Crippen LogP contribution in [0.3, 0.4) is 0 Å². The lowest BCUT2D eigenvalue weighted by Crippen LogP contribution is -2.34. The predicted molar refractivity (Wildman–Crippen MR) is 76.2 cm³/mol. The van der Waals surface area contributed by atoms with Crippen molar-refractivity contribution >= 4 is 40.4 Å². The number of nitrogens with one attached hydrogen (secondary N) is 2. The van der Waals surface area contributed by atoms with Crippen molar-refractivity contribution in [3.8, 4) is 0 Å². The molecule has 0 radical (unpaired) electrons. The average molecular weight is 295 g/mol. The van der Waals surface area contributed by atoms with Crippen LogP contribution < -0.4 is 10.6 Å². The monoisotopic (exact) mass is 294 g/mol. The first-order valence-corrected chi connectivity index (χ1v) is 6.83. The molecule has 19 heavy (non-hydrogen) atoms. The van der Waals surface area contributed by atoms with Crippen molar-refractivity contribution in [3.63, 3.8) is 0 Å². The van der Waals surface area contributed by atoms with Crippen LogP contribution in [0.2, 0.25) is 5.02 Å². The third-order valence-electron chi connectivity index (χ3n) is 2.34. The molecule has 0 aliphatic carbocycles. The maximum absolute atomic E-state index is 11.6. The highest BCUT2D eigenvalue weighted by molar-refractivity contribution is 7.07. The fourth-order valence-electron chi connectivity index (χ4n) is 1.38. The molecule has 1 heterocycles. The molecule has 1 aromatic carbocycles. The lowest BCUT2D eigenvalue weighted by Gasteiger charge is -2.05. The predicted octanol–water partition coefficient (Wildman–Crippen LogP) is 2.66. The van der Waals surface area contributed by atoms with Crippen molar-refractivity contribution in [1.82, 2.24) is 5.32 Å². The number of thiophene rings is 1. The van der Waals surface area contributed by atoms with Crippen LogP contribution in [0.25, 0.3) is 0 Å². The molecule has 6 heteroatoms. The smallest absolute Gasteiger partial charge is 0.313 e. The van der Waals surface area contributed by atoms with Gasteiger partial charge in [0.15, 0.2) is 0 Å². The third kappa shape index (κ3) is 4.08. The van der Waals surface area contributed by atoms with E-state index < -0.39 is 11.8 Å². The fraction of sp³-hybridized carbons (Fsp3) is 0.0769. The molecule has 0 saturated heterocycles. The second-order valence-electron chi connectivity index (χ2n) is 3.78. The summed E-state index contributed by atoms with van der Waals surface area (Å²) >= 11 is 7.27. The molecule has 0 aliphatic heterocycles. The number of rotatable bonds is 3. The Balaban J connectivity index is 1.85. The Labute approximate surface area is 119 Å². The quantitative estimate of drug-likeness (QED) is 0.855. The van der Waals surface area contributed by atoms with Gasteiger partial charge in [0.05, 0.1) is 0 Å². The Hall–Kier alpha value is -1.85. The van der Waals surface area contributed by atoms with Gasteiger partial charge in [-0.05, 0) is 46.7 Å². The molecule has 2 aromatic rings. The average Bonchev–Trinajstić information content (AvgIpc) is 2.91. The number of hydrogen-bond acceptors (Lipinski definition) is 3. The molecule has 2 amide bonds. The van der Waals surface area contributed by atoms with Gasteiger partial charge < -0.3 is 10.6 Å². The van der Waals surface area contributed by atoms with Gasteiger partial charge in [-0.25, -0.2) is 0 Å². The summed E-state index contributed by atoms with van der Waals surface area (Å²) in [4.78, 5) is 23.2. The summed E-state index contributed by atoms with van der Waals surface area (Å²) in [5.41, 5.74) is 1.50. The minimum atomic E-state index is -0.697. The Kier molecular flexibility index (Phi) is 4.54. The van der Waals surface area contributed by atoms with E-state index >= 15 is 0 Å². The number of carbonyl (C=O) groups excluding carboxylic acids is 2. The van der Waals surface area contributed by atoms with Crippen molar-refractivity contribution < 1.29 is 9.59 Å². The fourth-order valence-corrected chi connectivity index (χ4v) is 2.17. The van der Waals surface area contributed by atoms with Crippen molar-refractivity contribution in [3.05, 3.63) is 51.7 Å². The van der Waals surface area contributed by atoms with E-state index in [-0.39, 0.29) is 0 Å². The van der Waals surface area contributed by atoms with E-state index in [4.69, 9.17) is 11.6 Å². The largest absolute Gasteiger partial charge is 0.344 e. The van der Waals surface area contributed by atoms with Gasteiger partial charge in [0.1, 0.15) is 0 Å². The van der Waals surface area contributed by atoms with E-state index in [0.717, 1.165) is 5.56 Å². The topological polar surface area (TPSA) is 58.2 Å². The Morgan fingerprint density at radius 1 is 1.11 bits per heavy atom. The number of halogens is 1. The lowest BCUT2D eigenvalue weighted by atomic mass is 10.3. The van der Waals surface area contributed by atoms with Gasteiger partial charge in [0.2, 0.25) is 0 Å². The second kappa shape index (κ2) is 6.36. The zero-order valence-corrected chi connectivity index (χ0v) is 11.4. The van der Waals surface area contributed by atoms with Gasteiger partial charge in [0, 0.05) is 17.3 Å². The molecule has 0 fully saturated rings. The Morgan fingerprint density at radius 3 is 2.47 bits per heavy atom. The second-order valence-corrected chi connectivity index (χ2v) is 4.99. The molecule has 98 valence electrons. The zero-order valence-electron chi connectivity index (χ0n) is 9.85. The van der Waals surface area contributed by atoms with Crippen LogP contribution >= 0.6 is 22.9 Å². The molecule has 2 N–H and O–H groups in total. The highest BCUT2D eigenvalue weighted by atomic mass is 35.5. The summed E-state index contributed by atoms with van der Waals surface area (Å²) in [6.07, 6.45) is 0. The minimum Gasteiger partial charge on any atom is -0.344 e. The van der Waals surface area contributed by atoms with Gasteiger partial charge >= 0.3 is 11.8 Å². The van der Waals surface area contributed by atoms with Crippen molar-refractivity contribution in [2.75, 3.05) is 5.32 Å². The standard InChI is InChI=1S/C13H11ClN2O2S/c14-10-1-3-11(4-2-10)16-13(18)12(17)15-7-9-5-6-19-8-9/h1-6,8H,7H2,(H,15,17)(H,16,18). The first kappa shape index (κ1) is 13.6. The van der Waals surface area contributed by atoms with E-state index in [1.165, 1.54) is 11.3 Å². The lowest BCUT2D eigenvalue weighted by molar-refractivity contribution is -0.136. The molecule has 0 saturated carbocycles. The highest BCUT2D eigenvalue weighted by Crippen LogP contribution is 2.13. The first-order chi connectivity index (χ1) is 9.15. The molecule has 0 aliphatic rings. The third-order valence-corrected chi connectivity index (χ3v) is 3.33. The summed E-state index contributed by atoms with van der Waals surface area (Å²) in [7, 11) is 0. The molecular weight excluding hydrogens is 284 g/mol. The minimum absolute atomic E-state index is 0.344. The molecule has 4 nitrogen and oxygen atoms in total. The summed E-state index contributed by atoms with van der Waals surface area (Å²) < 4.78 is 0. The highest BCUT2D eigenvalue weighted by Gasteiger charge is 2.13. The van der Waals surface area contributed by atoms with E-state index in [0.29, 0.717) is 17.3 Å². The summed E-state index contributed by atoms with van der Waals surface area (Å²) in [5.74, 6) is -1.36. The van der Waals surface area contributed by atoms with Crippen molar-refractivity contribution in [2.24, 2.45) is 0 Å². The van der Waals surface area contributed by atoms with Crippen LogP contribution in [0.15, 0.2) is 41.1 Å². The summed E-state index contributed by atoms with van der Waals surface area (Å²) in [6.45, 7) is 0.344. The number of amides is 2. The van der Waals surface area contributed by atoms with Gasteiger partial charge in [-0.15, -0.1) is 0 Å². The van der Waals surface area contributed by atoms with Crippen LogP contribution in [-0.2, 0) is 16.1 Å². The van der Waals surface area contributed by atoms with Gasteiger partial charge in [-0.2, -0.15) is 11.3 Å². The number of benzene rings is 1. The van der Waals surface area contributed by atoms with Crippen molar-refractivity contribution in [1.29, 1.82) is 0 Å². The summed E-state index contributed by atoms with van der Waals surface area (Å²) in [6, 6.07) is 8.43. The van der Waals surface area contributed by atoms with Crippen LogP contribution in [0, 0.1) is 0 Å². The van der Waals surface area contributed by atoms with E-state index in [1.807, 2.05) is 16.8 Å². The normalized spacial score (nSPS) is 9.95. The van der Waals surface area contributed by atoms with E-state index in [1.54, 1.807) is 24.3 Å². The van der Waals surface area contributed by atoms with Gasteiger partial charge in [-0.1, -0.05) is 11.6 Å². The molecule has 1 aromatic heterocycles. The molecule has 0 spiro atoms. The van der Waals surface area contributed by atoms with E-state index in [2.05, 4.69) is 10.6 Å². The van der Waals surface area contributed by atoms with E-state index in [9.17, 15) is 9.59 Å². The van der Waals surface area contributed by atoms with Crippen LogP contribution in [0.1, 0.15) is 5.56 Å². The zero-order chi connectivity index (χ0) is 13.7. The number of anilines is 1. The Morgan fingerprint density at radius 2 is 1.84 bits per heavy atom.